The summed E-state index contributed by atoms with van der Waals surface area (Å²) in [6.07, 6.45) is 1.19. The second kappa shape index (κ2) is 9.28. The molecule has 1 unspecified atom stereocenters. The van der Waals surface area contributed by atoms with Crippen LogP contribution in [0.4, 0.5) is 0 Å². The van der Waals surface area contributed by atoms with Crippen LogP contribution in [0.5, 0.6) is 5.75 Å². The number of fused-ring (bicyclic) bond motifs is 1. The van der Waals surface area contributed by atoms with Gasteiger partial charge in [0.2, 0.25) is 17.7 Å². The number of benzene rings is 1. The molecule has 3 rings (SSSR count). The zero-order valence-electron chi connectivity index (χ0n) is 19.3. The Kier molecular flexibility index (Phi) is 6.88. The summed E-state index contributed by atoms with van der Waals surface area (Å²) < 4.78 is 5.75. The summed E-state index contributed by atoms with van der Waals surface area (Å²) >= 11 is 0. The fraction of sp³-hybridized carbons (Fsp3) is 0.565. The van der Waals surface area contributed by atoms with Crippen molar-refractivity contribution < 1.29 is 19.1 Å². The van der Waals surface area contributed by atoms with Crippen molar-refractivity contribution in [3.8, 4) is 5.75 Å². The number of ether oxygens (including phenoxy) is 1. The van der Waals surface area contributed by atoms with E-state index in [1.165, 1.54) is 5.01 Å². The van der Waals surface area contributed by atoms with Gasteiger partial charge in [0, 0.05) is 50.5 Å². The van der Waals surface area contributed by atoms with Gasteiger partial charge >= 0.3 is 0 Å². The Morgan fingerprint density at radius 3 is 2.66 bits per heavy atom. The molecule has 0 aliphatic carbocycles. The normalized spacial score (nSPS) is 22.0. The number of rotatable bonds is 7. The average molecular weight is 444 g/mol. The first-order valence-corrected chi connectivity index (χ1v) is 10.9. The van der Waals surface area contributed by atoms with Crippen LogP contribution >= 0.6 is 0 Å². The Morgan fingerprint density at radius 2 is 2.00 bits per heavy atom. The van der Waals surface area contributed by atoms with Crippen LogP contribution in [-0.2, 0) is 14.4 Å². The first-order chi connectivity index (χ1) is 15.0. The second-order valence-electron chi connectivity index (χ2n) is 9.41. The van der Waals surface area contributed by atoms with Crippen LogP contribution in [0, 0.1) is 5.41 Å². The topological polar surface area (TPSA) is 117 Å². The lowest BCUT2D eigenvalue weighted by Gasteiger charge is -2.45. The van der Waals surface area contributed by atoms with E-state index in [4.69, 9.17) is 10.5 Å². The molecule has 2 aliphatic heterocycles. The van der Waals surface area contributed by atoms with Crippen LogP contribution in [0.1, 0.15) is 40.0 Å². The van der Waals surface area contributed by atoms with E-state index >= 15 is 0 Å². The van der Waals surface area contributed by atoms with Crippen molar-refractivity contribution in [1.82, 2.24) is 15.2 Å². The highest BCUT2D eigenvalue weighted by Gasteiger charge is 2.44. The number of nitrogens with zero attached hydrogens (tertiary/aromatic N) is 3. The number of amides is 3. The van der Waals surface area contributed by atoms with E-state index in [-0.39, 0.29) is 18.4 Å². The van der Waals surface area contributed by atoms with Gasteiger partial charge in [-0.25, -0.2) is 5.01 Å². The van der Waals surface area contributed by atoms with Crippen molar-refractivity contribution in [1.29, 1.82) is 0 Å². The molecule has 0 saturated carbocycles. The zero-order valence-corrected chi connectivity index (χ0v) is 19.3. The van der Waals surface area contributed by atoms with Crippen LogP contribution in [-0.4, -0.2) is 71.7 Å². The van der Waals surface area contributed by atoms with E-state index in [1.54, 1.807) is 25.8 Å². The number of para-hydroxylation sites is 1. The molecule has 174 valence electrons. The summed E-state index contributed by atoms with van der Waals surface area (Å²) in [5.74, 6) is 0.0123. The minimum absolute atomic E-state index is 0.0726. The van der Waals surface area contributed by atoms with Crippen molar-refractivity contribution in [3.63, 3.8) is 0 Å². The van der Waals surface area contributed by atoms with Crippen molar-refractivity contribution in [3.05, 3.63) is 30.3 Å². The third-order valence-electron chi connectivity index (χ3n) is 5.95. The summed E-state index contributed by atoms with van der Waals surface area (Å²) in [5, 5.41) is 8.59. The Bertz CT molecular complexity index is 895. The van der Waals surface area contributed by atoms with Gasteiger partial charge in [-0.1, -0.05) is 25.1 Å². The highest BCUT2D eigenvalue weighted by molar-refractivity contribution is 5.99. The molecule has 3 N–H and O–H groups in total. The number of carbonyl (C=O) groups excluding carboxylic acids is 3. The fourth-order valence-electron chi connectivity index (χ4n) is 3.97. The number of nitrogens with two attached hydrogens (primary N) is 1. The van der Waals surface area contributed by atoms with Gasteiger partial charge in [-0.05, 0) is 26.0 Å². The molecule has 2 aliphatic rings. The Balaban J connectivity index is 1.71. The predicted molar refractivity (Wildman–Crippen MR) is 121 cm³/mol. The van der Waals surface area contributed by atoms with Crippen molar-refractivity contribution >= 4 is 23.4 Å². The summed E-state index contributed by atoms with van der Waals surface area (Å²) in [6.45, 7) is 6.27. The molecule has 1 aromatic rings. The molecule has 9 heteroatoms. The molecule has 9 nitrogen and oxygen atoms in total. The highest BCUT2D eigenvalue weighted by Crippen LogP contribution is 2.35. The molecule has 0 spiro atoms. The quantitative estimate of drug-likeness (QED) is 0.655. The van der Waals surface area contributed by atoms with Gasteiger partial charge in [-0.2, -0.15) is 5.10 Å². The van der Waals surface area contributed by atoms with Crippen LogP contribution in [0.3, 0.4) is 0 Å². The molecule has 0 radical (unpaired) electrons. The van der Waals surface area contributed by atoms with E-state index in [0.29, 0.717) is 38.1 Å². The maximum Gasteiger partial charge on any atom is 0.245 e. The summed E-state index contributed by atoms with van der Waals surface area (Å²) in [5.41, 5.74) is 5.25. The van der Waals surface area contributed by atoms with Gasteiger partial charge in [0.1, 0.15) is 11.8 Å². The SMILES string of the molecule is CN1N=C2CCN(C(=O)[C@H](CCOc3ccccc3)NC(=O)C(C)(C)N)CC2(C)CC1=O. The maximum absolute atomic E-state index is 13.4. The lowest BCUT2D eigenvalue weighted by Crippen LogP contribution is -2.60. The van der Waals surface area contributed by atoms with Crippen molar-refractivity contribution in [2.24, 2.45) is 16.3 Å². The van der Waals surface area contributed by atoms with Crippen LogP contribution in [0.2, 0.25) is 0 Å². The summed E-state index contributed by atoms with van der Waals surface area (Å²) in [4.78, 5) is 39.9. The van der Waals surface area contributed by atoms with Gasteiger partial charge < -0.3 is 20.7 Å². The number of likely N-dealkylation sites (tertiary alicyclic amines) is 1. The maximum atomic E-state index is 13.4. The van der Waals surface area contributed by atoms with Crippen molar-refractivity contribution in [2.45, 2.75) is 51.6 Å². The molecule has 1 fully saturated rings. The van der Waals surface area contributed by atoms with Crippen LogP contribution in [0.15, 0.2) is 35.4 Å². The lowest BCUT2D eigenvalue weighted by atomic mass is 9.76. The lowest BCUT2D eigenvalue weighted by molar-refractivity contribution is -0.141. The van der Waals surface area contributed by atoms with E-state index in [2.05, 4.69) is 10.4 Å². The van der Waals surface area contributed by atoms with E-state index in [1.807, 2.05) is 37.3 Å². The molecule has 32 heavy (non-hydrogen) atoms. The molecule has 3 amide bonds. The standard InChI is InChI=1S/C23H33N5O4/c1-22(2,24)21(31)25-17(11-13-32-16-8-6-5-7-9-16)20(30)28-12-10-18-23(3,15-28)14-19(29)27(4)26-18/h5-9,17H,10-15,24H2,1-4H3,(H,25,31)/t17-,23?/m0/s1. The molecule has 2 atom stereocenters. The van der Waals surface area contributed by atoms with Gasteiger partial charge in [0.15, 0.2) is 0 Å². The Labute approximate surface area is 188 Å². The van der Waals surface area contributed by atoms with E-state index in [9.17, 15) is 14.4 Å². The summed E-state index contributed by atoms with van der Waals surface area (Å²) in [6, 6.07) is 8.52. The first kappa shape index (κ1) is 23.7. The number of piperidine rings is 1. The van der Waals surface area contributed by atoms with Gasteiger partial charge in [-0.3, -0.25) is 14.4 Å². The minimum atomic E-state index is -1.12. The third-order valence-corrected chi connectivity index (χ3v) is 5.95. The average Bonchev–Trinajstić information content (AvgIpc) is 2.73. The zero-order chi connectivity index (χ0) is 23.5. The molecule has 2 heterocycles. The number of carbonyl (C=O) groups is 3. The summed E-state index contributed by atoms with van der Waals surface area (Å²) in [7, 11) is 1.65. The monoisotopic (exact) mass is 443 g/mol. The molecule has 0 bridgehead atoms. The smallest absolute Gasteiger partial charge is 0.245 e. The number of nitrogens with one attached hydrogen (secondary N) is 1. The number of hydrogen-bond acceptors (Lipinski definition) is 6. The number of hydrazone groups is 1. The van der Waals surface area contributed by atoms with E-state index < -0.39 is 22.9 Å². The molecule has 0 aromatic heterocycles. The molecule has 1 aromatic carbocycles. The number of hydrogen-bond donors (Lipinski definition) is 2. The van der Waals surface area contributed by atoms with Gasteiger partial charge in [0.25, 0.3) is 0 Å². The Morgan fingerprint density at radius 1 is 1.31 bits per heavy atom. The second-order valence-corrected chi connectivity index (χ2v) is 9.41. The first-order valence-electron chi connectivity index (χ1n) is 10.9. The van der Waals surface area contributed by atoms with Crippen LogP contribution < -0.4 is 15.8 Å². The molecular weight excluding hydrogens is 410 g/mol. The third kappa shape index (κ3) is 5.45. The Hall–Kier alpha value is -2.94. The molecular formula is C23H33N5O4. The van der Waals surface area contributed by atoms with Crippen LogP contribution in [0.25, 0.3) is 0 Å². The van der Waals surface area contributed by atoms with Crippen molar-refractivity contribution in [2.75, 3.05) is 26.7 Å². The van der Waals surface area contributed by atoms with Gasteiger partial charge in [-0.15, -0.1) is 0 Å². The fourth-order valence-corrected chi connectivity index (χ4v) is 3.97. The largest absolute Gasteiger partial charge is 0.494 e. The molecule has 1 saturated heterocycles. The predicted octanol–water partition coefficient (Wildman–Crippen LogP) is 1.13. The van der Waals surface area contributed by atoms with Gasteiger partial charge in [0.05, 0.1) is 12.1 Å². The minimum Gasteiger partial charge on any atom is -0.494 e. The van der Waals surface area contributed by atoms with E-state index in [0.717, 1.165) is 5.71 Å². The highest BCUT2D eigenvalue weighted by atomic mass is 16.5.